The summed E-state index contributed by atoms with van der Waals surface area (Å²) in [6.45, 7) is 11.5. The first-order chi connectivity index (χ1) is 28.9. The number of unbranched alkanes of at least 4 members (excludes halogenated alkanes) is 6. The number of aromatic nitrogens is 4. The van der Waals surface area contributed by atoms with Crippen molar-refractivity contribution in [3.63, 3.8) is 0 Å². The predicted molar refractivity (Wildman–Crippen MR) is 239 cm³/mol. The molecular weight excluding hydrogens is 775 g/mol. The van der Waals surface area contributed by atoms with E-state index in [-0.39, 0.29) is 42.1 Å². The minimum Gasteiger partial charge on any atom is -0.391 e. The highest BCUT2D eigenvalue weighted by molar-refractivity contribution is 7.13. The average molecular weight is 842 g/mol. The van der Waals surface area contributed by atoms with Crippen LogP contribution in [-0.2, 0) is 27.3 Å². The summed E-state index contributed by atoms with van der Waals surface area (Å²) < 4.78 is 1.86. The van der Waals surface area contributed by atoms with Gasteiger partial charge in [0.25, 0.3) is 0 Å². The van der Waals surface area contributed by atoms with Gasteiger partial charge >= 0.3 is 0 Å². The number of aliphatic hydroxyl groups is 1. The standard InChI is InChI=1S/C46H67N9O4S/c1-6-14-34-26-40(55-39(51-34)22-24-50-55)52-35-20-21-36(25-35)53-41(57)15-12-10-8-7-9-11-13-23-47-43(46(3,4)5)45(59)54-29-37(56)27-38(54)44(58)48-28-32-16-18-33(19-17-32)42-31(2)49-30-60-42/h16-19,22,24,26,30,35-38,43,47,52,56H,6-15,20-21,23,25,27-29H2,1-5H3,(H,48,58)(H,53,57)/t35-,36-,37-,38+,43?/m1/s1. The molecule has 13 nitrogen and oxygen atoms in total. The minimum atomic E-state index is -0.739. The molecule has 326 valence electrons. The maximum absolute atomic E-state index is 14.0. The summed E-state index contributed by atoms with van der Waals surface area (Å²) >= 11 is 1.61. The highest BCUT2D eigenvalue weighted by Gasteiger charge is 2.43. The second kappa shape index (κ2) is 21.4. The molecule has 1 saturated heterocycles. The molecule has 2 fully saturated rings. The number of fused-ring (bicyclic) bond motifs is 1. The molecule has 5 atom stereocenters. The molecule has 4 heterocycles. The zero-order valence-electron chi connectivity index (χ0n) is 36.3. The number of nitrogens with one attached hydrogen (secondary N) is 4. The number of nitrogens with zero attached hydrogens (tertiary/aromatic N) is 5. The van der Waals surface area contributed by atoms with Crippen LogP contribution in [0.2, 0.25) is 0 Å². The van der Waals surface area contributed by atoms with Crippen molar-refractivity contribution in [3.8, 4) is 10.4 Å². The number of rotatable bonds is 21. The van der Waals surface area contributed by atoms with Crippen molar-refractivity contribution in [2.75, 3.05) is 18.4 Å². The van der Waals surface area contributed by atoms with Crippen LogP contribution in [0.25, 0.3) is 16.1 Å². The molecule has 6 rings (SSSR count). The molecule has 1 aliphatic heterocycles. The van der Waals surface area contributed by atoms with E-state index in [9.17, 15) is 19.5 Å². The van der Waals surface area contributed by atoms with Crippen molar-refractivity contribution in [3.05, 3.63) is 65.1 Å². The number of anilines is 1. The van der Waals surface area contributed by atoms with Crippen LogP contribution in [0.15, 0.2) is 48.1 Å². The smallest absolute Gasteiger partial charge is 0.243 e. The lowest BCUT2D eigenvalue weighted by Crippen LogP contribution is -2.56. The molecule has 0 radical (unpaired) electrons. The van der Waals surface area contributed by atoms with E-state index in [2.05, 4.69) is 44.3 Å². The fourth-order valence-corrected chi connectivity index (χ4v) is 9.45. The lowest BCUT2D eigenvalue weighted by atomic mass is 9.85. The van der Waals surface area contributed by atoms with Gasteiger partial charge in [-0.15, -0.1) is 11.3 Å². The molecule has 0 bridgehead atoms. The van der Waals surface area contributed by atoms with Crippen molar-refractivity contribution in [1.82, 2.24) is 40.4 Å². The largest absolute Gasteiger partial charge is 0.391 e. The van der Waals surface area contributed by atoms with E-state index >= 15 is 0 Å². The molecule has 1 aliphatic carbocycles. The van der Waals surface area contributed by atoms with Gasteiger partial charge < -0.3 is 31.3 Å². The van der Waals surface area contributed by atoms with Gasteiger partial charge in [-0.05, 0) is 68.5 Å². The van der Waals surface area contributed by atoms with Gasteiger partial charge in [-0.1, -0.05) is 90.5 Å². The average Bonchev–Trinajstić information content (AvgIpc) is 4.04. The summed E-state index contributed by atoms with van der Waals surface area (Å²) in [7, 11) is 0. The van der Waals surface area contributed by atoms with E-state index in [1.807, 2.05) is 68.1 Å². The summed E-state index contributed by atoms with van der Waals surface area (Å²) in [5, 5.41) is 28.5. The van der Waals surface area contributed by atoms with E-state index in [1.165, 1.54) is 0 Å². The van der Waals surface area contributed by atoms with Crippen molar-refractivity contribution in [1.29, 1.82) is 0 Å². The van der Waals surface area contributed by atoms with Crippen molar-refractivity contribution in [2.24, 2.45) is 5.41 Å². The Hall–Kier alpha value is -4.40. The van der Waals surface area contributed by atoms with Crippen molar-refractivity contribution in [2.45, 2.75) is 161 Å². The number of hydrogen-bond donors (Lipinski definition) is 5. The quantitative estimate of drug-likeness (QED) is 0.0558. The third-order valence-electron chi connectivity index (χ3n) is 11.9. The fraction of sp³-hybridized carbons (Fsp3) is 0.609. The third kappa shape index (κ3) is 12.3. The van der Waals surface area contributed by atoms with Gasteiger partial charge in [0.05, 0.1) is 34.4 Å². The maximum Gasteiger partial charge on any atom is 0.243 e. The highest BCUT2D eigenvalue weighted by atomic mass is 32.1. The second-order valence-electron chi connectivity index (χ2n) is 18.0. The topological polar surface area (TPSA) is 166 Å². The first kappa shape index (κ1) is 45.1. The first-order valence-corrected chi connectivity index (χ1v) is 23.2. The molecule has 5 N–H and O–H groups in total. The lowest BCUT2D eigenvalue weighted by Gasteiger charge is -2.35. The van der Waals surface area contributed by atoms with Gasteiger partial charge in [0.2, 0.25) is 17.7 Å². The SMILES string of the molecule is CCCc1cc(N[C@@H]2CC[C@@H](NC(=O)CCCCCCCCCNC(C(=O)N3C[C@H](O)C[C@H]3C(=O)NCc3ccc(-c4scnc4C)cc3)C(C)(C)C)C2)n2nccc2n1. The third-order valence-corrected chi connectivity index (χ3v) is 12.9. The monoisotopic (exact) mass is 842 g/mol. The van der Waals surface area contributed by atoms with Crippen molar-refractivity contribution < 1.29 is 19.5 Å². The molecule has 3 amide bonds. The Kier molecular flexibility index (Phi) is 16.1. The molecule has 1 saturated carbocycles. The Morgan fingerprint density at radius 2 is 1.70 bits per heavy atom. The lowest BCUT2D eigenvalue weighted by molar-refractivity contribution is -0.142. The molecule has 2 aliphatic rings. The first-order valence-electron chi connectivity index (χ1n) is 22.3. The summed E-state index contributed by atoms with van der Waals surface area (Å²) in [4.78, 5) is 51.9. The van der Waals surface area contributed by atoms with Crippen LogP contribution in [0.3, 0.4) is 0 Å². The van der Waals surface area contributed by atoms with Gasteiger partial charge in [0.15, 0.2) is 5.65 Å². The van der Waals surface area contributed by atoms with E-state index in [4.69, 9.17) is 4.98 Å². The van der Waals surface area contributed by atoms with Gasteiger partial charge in [0, 0.05) is 55.8 Å². The number of benzene rings is 1. The molecule has 4 aromatic rings. The number of aliphatic hydroxyl groups excluding tert-OH is 1. The summed E-state index contributed by atoms with van der Waals surface area (Å²) in [6.07, 6.45) is 14.0. The Labute approximate surface area is 359 Å². The van der Waals surface area contributed by atoms with Crippen LogP contribution in [0.5, 0.6) is 0 Å². The van der Waals surface area contributed by atoms with Gasteiger partial charge in [0.1, 0.15) is 11.9 Å². The van der Waals surface area contributed by atoms with Gasteiger partial charge in [-0.3, -0.25) is 14.4 Å². The van der Waals surface area contributed by atoms with Crippen LogP contribution in [0.1, 0.15) is 128 Å². The van der Waals surface area contributed by atoms with Gasteiger partial charge in [-0.25, -0.2) is 9.97 Å². The number of β-amino-alcohol motifs (C(OH)–C–C–N with tert-alkyl or cyclic N) is 1. The molecule has 1 aromatic carbocycles. The van der Waals surface area contributed by atoms with E-state index < -0.39 is 18.2 Å². The number of likely N-dealkylation sites (tertiary alicyclic amines) is 1. The summed E-state index contributed by atoms with van der Waals surface area (Å²) in [6, 6.07) is 11.4. The van der Waals surface area contributed by atoms with E-state index in [0.717, 1.165) is 116 Å². The normalized spacial score (nSPS) is 19.8. The summed E-state index contributed by atoms with van der Waals surface area (Å²) in [5.74, 6) is 0.737. The number of amides is 3. The minimum absolute atomic E-state index is 0.140. The number of hydrogen-bond acceptors (Lipinski definition) is 10. The van der Waals surface area contributed by atoms with E-state index in [1.54, 1.807) is 22.4 Å². The second-order valence-corrected chi connectivity index (χ2v) is 18.8. The van der Waals surface area contributed by atoms with Crippen molar-refractivity contribution >= 4 is 40.5 Å². The number of carbonyl (C=O) groups is 3. The number of carbonyl (C=O) groups excluding carboxylic acids is 3. The zero-order valence-corrected chi connectivity index (χ0v) is 37.2. The molecule has 0 spiro atoms. The van der Waals surface area contributed by atoms with Crippen LogP contribution >= 0.6 is 11.3 Å². The Morgan fingerprint density at radius 3 is 2.42 bits per heavy atom. The number of aryl methyl sites for hydroxylation is 2. The highest BCUT2D eigenvalue weighted by Crippen LogP contribution is 2.29. The fourth-order valence-electron chi connectivity index (χ4n) is 8.64. The van der Waals surface area contributed by atoms with Crippen LogP contribution in [-0.4, -0.2) is 90.7 Å². The maximum atomic E-state index is 14.0. The van der Waals surface area contributed by atoms with Gasteiger partial charge in [-0.2, -0.15) is 9.61 Å². The Morgan fingerprint density at radius 1 is 0.967 bits per heavy atom. The molecule has 1 unspecified atom stereocenters. The molecular formula is C46H67N9O4S. The number of thiazole rings is 1. The summed E-state index contributed by atoms with van der Waals surface area (Å²) in [5.41, 5.74) is 6.45. The molecule has 3 aromatic heterocycles. The van der Waals surface area contributed by atoms with Crippen LogP contribution in [0.4, 0.5) is 5.82 Å². The zero-order chi connectivity index (χ0) is 42.6. The Bertz CT molecular complexity index is 2010. The Balaban J connectivity index is 0.838. The van der Waals surface area contributed by atoms with Crippen LogP contribution < -0.4 is 21.3 Å². The van der Waals surface area contributed by atoms with Crippen LogP contribution in [0, 0.1) is 12.3 Å². The predicted octanol–water partition coefficient (Wildman–Crippen LogP) is 6.97. The molecule has 60 heavy (non-hydrogen) atoms. The molecule has 14 heteroatoms. The van der Waals surface area contributed by atoms with E-state index in [0.29, 0.717) is 25.6 Å².